The van der Waals surface area contributed by atoms with Crippen molar-refractivity contribution in [1.82, 2.24) is 20.3 Å². The van der Waals surface area contributed by atoms with Gasteiger partial charge in [-0.15, -0.1) is 0 Å². The summed E-state index contributed by atoms with van der Waals surface area (Å²) >= 11 is 0. The Labute approximate surface area is 273 Å². The lowest BCUT2D eigenvalue weighted by molar-refractivity contribution is -0.143. The molecule has 0 radical (unpaired) electrons. The van der Waals surface area contributed by atoms with E-state index in [0.29, 0.717) is 58.4 Å². The van der Waals surface area contributed by atoms with Gasteiger partial charge >= 0.3 is 11.9 Å². The lowest BCUT2D eigenvalue weighted by atomic mass is 9.85. The minimum Gasteiger partial charge on any atom is -0.468 e. The molecule has 5 heterocycles. The fourth-order valence-corrected chi connectivity index (χ4v) is 7.68. The minimum absolute atomic E-state index is 0.0818. The zero-order valence-corrected chi connectivity index (χ0v) is 28.0. The van der Waals surface area contributed by atoms with Crippen molar-refractivity contribution in [2.45, 2.75) is 67.2 Å². The van der Waals surface area contributed by atoms with Gasteiger partial charge in [0.2, 0.25) is 0 Å². The fourth-order valence-electron chi connectivity index (χ4n) is 7.68. The number of hydrogen-bond acceptors (Lipinski definition) is 7. The molecule has 10 nitrogen and oxygen atoms in total. The number of allylic oxidation sites excluding steroid dienone is 2. The van der Waals surface area contributed by atoms with Crippen LogP contribution in [-0.2, 0) is 31.9 Å². The normalized spacial score (nSPS) is 23.7. The van der Waals surface area contributed by atoms with Crippen LogP contribution in [0.4, 0.5) is 0 Å². The monoisotopic (exact) mass is 638 g/mol. The molecule has 4 N–H and O–H groups in total. The van der Waals surface area contributed by atoms with Gasteiger partial charge in [0.25, 0.3) is 0 Å². The quantitative estimate of drug-likeness (QED) is 0.165. The largest absolute Gasteiger partial charge is 0.468 e. The third kappa shape index (κ3) is 5.10. The zero-order valence-electron chi connectivity index (χ0n) is 28.0. The number of aldehydes is 1. The molecule has 0 unspecified atom stereocenters. The predicted molar refractivity (Wildman–Crippen MR) is 179 cm³/mol. The van der Waals surface area contributed by atoms with Crippen molar-refractivity contribution in [3.05, 3.63) is 78.2 Å². The van der Waals surface area contributed by atoms with Crippen LogP contribution in [0.25, 0.3) is 23.8 Å². The lowest BCUT2D eigenvalue weighted by Gasteiger charge is -2.19. The number of fused-ring (bicyclic) bond motifs is 7. The highest BCUT2D eigenvalue weighted by Crippen LogP contribution is 2.48. The van der Waals surface area contributed by atoms with Crippen LogP contribution in [0.2, 0.25) is 0 Å². The highest BCUT2D eigenvalue weighted by molar-refractivity contribution is 6.24. The first-order valence-corrected chi connectivity index (χ1v) is 16.4. The number of aromatic nitrogens is 3. The van der Waals surface area contributed by atoms with E-state index < -0.39 is 11.9 Å². The molecular weight excluding hydrogens is 596 g/mol. The standard InChI is InChI=1S/C37H42N4O6/c1-8-20-17(4)24-13-25-18(5)22(11-12-30(43)47-10-3)34(40-25)32-33(37(45)46-7)36(44)31-19(6)26(41-35(31)32)14-28-21(9-2)23(16-42)29(39-28)15-27(20)38-24/h13-16,18,22,33,38-41H,8-12H2,1-7H3/b25-13-,28-14-,29-15-,34-32-/t18-,22-,33+/m0/s1. The Kier molecular flexibility index (Phi) is 8.46. The molecule has 3 atom stereocenters. The molecule has 1 saturated heterocycles. The van der Waals surface area contributed by atoms with Crippen LogP contribution in [0.15, 0.2) is 11.4 Å². The van der Waals surface area contributed by atoms with Crippen molar-refractivity contribution in [1.29, 1.82) is 0 Å². The third-order valence-corrected chi connectivity index (χ3v) is 10.2. The number of Topliss-reactive ketones (excluding diaryl/α,β-unsaturated/α-hetero) is 1. The van der Waals surface area contributed by atoms with Gasteiger partial charge in [0, 0.05) is 68.8 Å². The molecule has 246 valence electrons. The molecule has 10 heteroatoms. The van der Waals surface area contributed by atoms with Gasteiger partial charge < -0.3 is 29.7 Å². The first kappa shape index (κ1) is 32.1. The van der Waals surface area contributed by atoms with Crippen molar-refractivity contribution in [2.75, 3.05) is 13.7 Å². The van der Waals surface area contributed by atoms with Crippen LogP contribution in [0.5, 0.6) is 0 Å². The molecule has 1 fully saturated rings. The van der Waals surface area contributed by atoms with Gasteiger partial charge in [-0.3, -0.25) is 19.2 Å². The van der Waals surface area contributed by atoms with E-state index in [1.165, 1.54) is 7.11 Å². The highest BCUT2D eigenvalue weighted by atomic mass is 16.5. The van der Waals surface area contributed by atoms with Crippen molar-refractivity contribution >= 4 is 47.8 Å². The molecule has 6 rings (SSSR count). The highest BCUT2D eigenvalue weighted by Gasteiger charge is 2.48. The van der Waals surface area contributed by atoms with Gasteiger partial charge in [-0.05, 0) is 80.5 Å². The van der Waals surface area contributed by atoms with E-state index in [4.69, 9.17) is 9.47 Å². The molecule has 0 amide bonds. The van der Waals surface area contributed by atoms with Crippen LogP contribution in [0, 0.1) is 31.6 Å². The Morgan fingerprint density at radius 3 is 2.28 bits per heavy atom. The summed E-state index contributed by atoms with van der Waals surface area (Å²) in [5.74, 6) is -2.71. The number of ketones is 1. The van der Waals surface area contributed by atoms with Gasteiger partial charge in [0.05, 0.1) is 24.8 Å². The molecule has 47 heavy (non-hydrogen) atoms. The summed E-state index contributed by atoms with van der Waals surface area (Å²) in [5, 5.41) is 5.10. The summed E-state index contributed by atoms with van der Waals surface area (Å²) < 4.78 is 10.5. The van der Waals surface area contributed by atoms with Crippen LogP contribution in [0.1, 0.15) is 106 Å². The first-order valence-electron chi connectivity index (χ1n) is 16.4. The predicted octanol–water partition coefficient (Wildman–Crippen LogP) is 4.13. The number of nitrogens with one attached hydrogen (secondary N) is 4. The van der Waals surface area contributed by atoms with Gasteiger partial charge in [0.1, 0.15) is 5.92 Å². The number of H-pyrrole nitrogens is 3. The van der Waals surface area contributed by atoms with E-state index in [9.17, 15) is 19.2 Å². The maximum Gasteiger partial charge on any atom is 0.321 e. The molecule has 0 saturated carbocycles. The number of ether oxygens (including phenoxy) is 2. The third-order valence-electron chi connectivity index (χ3n) is 10.2. The number of aromatic amines is 3. The van der Waals surface area contributed by atoms with E-state index in [1.54, 1.807) is 6.92 Å². The number of carbonyl (C=O) groups excluding carboxylic acids is 4. The molecule has 2 aliphatic heterocycles. The molecule has 1 aliphatic carbocycles. The number of carbonyl (C=O) groups is 4. The maximum absolute atomic E-state index is 14.1. The molecule has 0 aromatic carbocycles. The molecule has 3 aliphatic rings. The van der Waals surface area contributed by atoms with Crippen LogP contribution in [-0.4, -0.2) is 52.7 Å². The summed E-state index contributed by atoms with van der Waals surface area (Å²) in [6.45, 7) is 12.2. The van der Waals surface area contributed by atoms with Crippen molar-refractivity contribution in [2.24, 2.45) is 17.8 Å². The summed E-state index contributed by atoms with van der Waals surface area (Å²) in [6.07, 6.45) is 8.96. The second-order valence-electron chi connectivity index (χ2n) is 12.5. The fraction of sp³-hybridized carbons (Fsp3) is 0.405. The number of hydrogen-bond donors (Lipinski definition) is 4. The Bertz CT molecular complexity index is 2020. The molecule has 0 spiro atoms. The summed E-state index contributed by atoms with van der Waals surface area (Å²) in [4.78, 5) is 63.1. The lowest BCUT2D eigenvalue weighted by Crippen LogP contribution is -2.25. The van der Waals surface area contributed by atoms with Crippen molar-refractivity contribution in [3.8, 4) is 0 Å². The summed E-state index contributed by atoms with van der Waals surface area (Å²) in [6, 6.07) is 0. The molecular formula is C37H42N4O6. The SMILES string of the molecule is CCOC(=O)CC[C@@H]1/C2=C3/c4[nH]c(c(C)c4C(=O)[C@@H]3C(=O)OC)/C=c3\[nH]/c(c(C=O)c3CC)=C\c3[nH]c(c(C)c3CC)/C=C(\N2)[C@H]1C. The van der Waals surface area contributed by atoms with Gasteiger partial charge in [-0.2, -0.15) is 0 Å². The summed E-state index contributed by atoms with van der Waals surface area (Å²) in [5.41, 5.74) is 10.1. The Balaban J connectivity index is 1.70. The van der Waals surface area contributed by atoms with Gasteiger partial charge in [-0.25, -0.2) is 0 Å². The topological polar surface area (TPSA) is 146 Å². The Morgan fingerprint density at radius 2 is 1.62 bits per heavy atom. The van der Waals surface area contributed by atoms with Crippen molar-refractivity contribution in [3.63, 3.8) is 0 Å². The minimum atomic E-state index is -1.16. The van der Waals surface area contributed by atoms with E-state index in [-0.39, 0.29) is 30.0 Å². The van der Waals surface area contributed by atoms with Crippen LogP contribution in [0.3, 0.4) is 0 Å². The van der Waals surface area contributed by atoms with Crippen molar-refractivity contribution < 1.29 is 28.7 Å². The van der Waals surface area contributed by atoms with Gasteiger partial charge in [0.15, 0.2) is 12.1 Å². The van der Waals surface area contributed by atoms with E-state index in [2.05, 4.69) is 47.1 Å². The zero-order chi connectivity index (χ0) is 33.7. The Hall–Kier alpha value is -4.86. The number of rotatable bonds is 8. The maximum atomic E-state index is 14.1. The molecule has 3 aromatic rings. The van der Waals surface area contributed by atoms with Crippen LogP contribution < -0.4 is 16.0 Å². The Morgan fingerprint density at radius 1 is 0.915 bits per heavy atom. The summed E-state index contributed by atoms with van der Waals surface area (Å²) in [7, 11) is 1.29. The van der Waals surface area contributed by atoms with E-state index in [0.717, 1.165) is 57.5 Å². The van der Waals surface area contributed by atoms with E-state index in [1.807, 2.05) is 26.0 Å². The second kappa shape index (κ2) is 12.4. The number of methoxy groups -OCH3 is 1. The average molecular weight is 639 g/mol. The molecule has 3 aromatic heterocycles. The van der Waals surface area contributed by atoms with E-state index >= 15 is 0 Å². The van der Waals surface area contributed by atoms with Gasteiger partial charge in [-0.1, -0.05) is 20.8 Å². The first-order chi connectivity index (χ1) is 22.6. The smallest absolute Gasteiger partial charge is 0.321 e. The number of esters is 2. The second-order valence-corrected chi connectivity index (χ2v) is 12.5. The molecule has 8 bridgehead atoms. The van der Waals surface area contributed by atoms with Crippen LogP contribution >= 0.6 is 0 Å². The average Bonchev–Trinajstić information content (AvgIpc) is 3.80.